The van der Waals surface area contributed by atoms with E-state index in [4.69, 9.17) is 9.47 Å². The highest BCUT2D eigenvalue weighted by atomic mass is 19.1. The first-order valence-electron chi connectivity index (χ1n) is 6.94. The van der Waals surface area contributed by atoms with Crippen LogP contribution in [0.15, 0.2) is 11.9 Å². The van der Waals surface area contributed by atoms with Crippen LogP contribution in [-0.4, -0.2) is 40.1 Å². The van der Waals surface area contributed by atoms with Crippen molar-refractivity contribution >= 4 is 18.0 Å². The Labute approximate surface area is 129 Å². The summed E-state index contributed by atoms with van der Waals surface area (Å²) in [5.41, 5.74) is -1.90. The number of carbonyl (C=O) groups excluding carboxylic acids is 3. The van der Waals surface area contributed by atoms with Gasteiger partial charge in [-0.15, -0.1) is 0 Å². The first-order chi connectivity index (χ1) is 9.85. The number of halogens is 1. The van der Waals surface area contributed by atoms with E-state index in [1.165, 1.54) is 0 Å². The Morgan fingerprint density at radius 1 is 1.14 bits per heavy atom. The predicted molar refractivity (Wildman–Crippen MR) is 76.5 cm³/mol. The molecular formula is C15H22FNO5. The molecule has 2 amide bonds. The zero-order valence-electron chi connectivity index (χ0n) is 13.7. The number of ether oxygens (including phenoxy) is 2. The second kappa shape index (κ2) is 6.06. The second-order valence-electron chi connectivity index (χ2n) is 7.04. The molecule has 1 atom stereocenters. The van der Waals surface area contributed by atoms with Crippen LogP contribution in [0.25, 0.3) is 0 Å². The highest BCUT2D eigenvalue weighted by Gasteiger charge is 2.47. The molecule has 124 valence electrons. The third-order valence-corrected chi connectivity index (χ3v) is 2.62. The number of imide groups is 1. The van der Waals surface area contributed by atoms with Gasteiger partial charge >= 0.3 is 12.1 Å². The average molecular weight is 315 g/mol. The van der Waals surface area contributed by atoms with Crippen molar-refractivity contribution < 1.29 is 28.2 Å². The van der Waals surface area contributed by atoms with Gasteiger partial charge in [0.05, 0.1) is 6.33 Å². The Kier molecular flexibility index (Phi) is 4.99. The Balaban J connectivity index is 3.05. The number of nitrogens with zero attached hydrogens (tertiary/aromatic N) is 1. The van der Waals surface area contributed by atoms with Crippen LogP contribution in [0.1, 0.15) is 48.0 Å². The van der Waals surface area contributed by atoms with Crippen LogP contribution in [-0.2, 0) is 19.1 Å². The Morgan fingerprint density at radius 2 is 1.64 bits per heavy atom. The molecule has 0 aromatic heterocycles. The molecule has 1 fully saturated rings. The van der Waals surface area contributed by atoms with Gasteiger partial charge in [0, 0.05) is 12.0 Å². The molecule has 0 spiro atoms. The number of rotatable bonds is 1. The Morgan fingerprint density at radius 3 is 2.05 bits per heavy atom. The fourth-order valence-corrected chi connectivity index (χ4v) is 1.85. The maximum atomic E-state index is 12.8. The zero-order chi connectivity index (χ0) is 17.3. The lowest BCUT2D eigenvalue weighted by molar-refractivity contribution is -0.161. The molecule has 0 aliphatic carbocycles. The zero-order valence-corrected chi connectivity index (χ0v) is 13.7. The number of hydrogen-bond donors (Lipinski definition) is 0. The number of carbonyl (C=O) groups is 3. The maximum Gasteiger partial charge on any atom is 0.418 e. The summed E-state index contributed by atoms with van der Waals surface area (Å²) in [7, 11) is 0. The molecule has 1 heterocycles. The molecular weight excluding hydrogens is 293 g/mol. The largest absolute Gasteiger partial charge is 0.458 e. The topological polar surface area (TPSA) is 72.9 Å². The Hall–Kier alpha value is -1.92. The molecule has 6 nitrogen and oxygen atoms in total. The van der Waals surface area contributed by atoms with E-state index in [-0.39, 0.29) is 18.3 Å². The van der Waals surface area contributed by atoms with E-state index < -0.39 is 35.2 Å². The van der Waals surface area contributed by atoms with Crippen LogP contribution in [0.4, 0.5) is 9.18 Å². The molecule has 1 saturated heterocycles. The van der Waals surface area contributed by atoms with Gasteiger partial charge in [-0.05, 0) is 41.5 Å². The molecule has 22 heavy (non-hydrogen) atoms. The maximum absolute atomic E-state index is 12.8. The summed E-state index contributed by atoms with van der Waals surface area (Å²) in [6.07, 6.45) is -1.13. The van der Waals surface area contributed by atoms with Crippen LogP contribution in [0.3, 0.4) is 0 Å². The predicted octanol–water partition coefficient (Wildman–Crippen LogP) is 2.72. The third kappa shape index (κ3) is 4.54. The summed E-state index contributed by atoms with van der Waals surface area (Å²) in [6, 6.07) is -1.22. The molecule has 0 saturated carbocycles. The normalized spacial score (nSPS) is 21.2. The third-order valence-electron chi connectivity index (χ3n) is 2.62. The molecule has 0 aromatic carbocycles. The number of likely N-dealkylation sites (tertiary alicyclic amines) is 1. The summed E-state index contributed by atoms with van der Waals surface area (Å²) in [4.78, 5) is 37.0. The van der Waals surface area contributed by atoms with E-state index in [1.807, 2.05) is 0 Å². The molecule has 7 heteroatoms. The van der Waals surface area contributed by atoms with Crippen molar-refractivity contribution in [2.75, 3.05) is 0 Å². The summed E-state index contributed by atoms with van der Waals surface area (Å²) in [5.74, 6) is -1.66. The van der Waals surface area contributed by atoms with E-state index in [2.05, 4.69) is 0 Å². The van der Waals surface area contributed by atoms with Crippen LogP contribution < -0.4 is 0 Å². The van der Waals surface area contributed by atoms with Crippen LogP contribution in [0.2, 0.25) is 0 Å². The molecule has 1 aliphatic rings. The molecule has 1 aliphatic heterocycles. The van der Waals surface area contributed by atoms with Crippen LogP contribution in [0, 0.1) is 0 Å². The average Bonchev–Trinajstić information content (AvgIpc) is 2.61. The summed E-state index contributed by atoms with van der Waals surface area (Å²) >= 11 is 0. The Bertz CT molecular complexity index is 513. The standard InChI is InChI=1S/C15H22FNO5/c1-14(2,3)21-12(19)10-7-9(8-16)11(18)17(10)13(20)22-15(4,5)6/h8,10H,7H2,1-6H3/b9-8-/t10-/m0/s1. The lowest BCUT2D eigenvalue weighted by Gasteiger charge is -2.28. The van der Waals surface area contributed by atoms with Gasteiger partial charge in [0.1, 0.15) is 17.2 Å². The minimum Gasteiger partial charge on any atom is -0.458 e. The second-order valence-corrected chi connectivity index (χ2v) is 7.04. The smallest absolute Gasteiger partial charge is 0.418 e. The van der Waals surface area contributed by atoms with Gasteiger partial charge in [-0.2, -0.15) is 0 Å². The molecule has 0 bridgehead atoms. The summed E-state index contributed by atoms with van der Waals surface area (Å²) in [5, 5.41) is 0. The fourth-order valence-electron chi connectivity index (χ4n) is 1.85. The van der Waals surface area contributed by atoms with Crippen molar-refractivity contribution in [3.8, 4) is 0 Å². The number of esters is 1. The summed E-state index contributed by atoms with van der Waals surface area (Å²) in [6.45, 7) is 9.85. The number of amides is 2. The monoisotopic (exact) mass is 315 g/mol. The van der Waals surface area contributed by atoms with Gasteiger partial charge in [-0.1, -0.05) is 0 Å². The molecule has 0 aromatic rings. The van der Waals surface area contributed by atoms with Crippen molar-refractivity contribution in [3.05, 3.63) is 11.9 Å². The SMILES string of the molecule is CC(C)(C)OC(=O)[C@@H]1C/C(=C/F)C(=O)N1C(=O)OC(C)(C)C. The highest BCUT2D eigenvalue weighted by Crippen LogP contribution is 2.28. The van der Waals surface area contributed by atoms with Crippen LogP contribution >= 0.6 is 0 Å². The quantitative estimate of drug-likeness (QED) is 0.549. The van der Waals surface area contributed by atoms with Crippen molar-refractivity contribution in [2.45, 2.75) is 65.2 Å². The van der Waals surface area contributed by atoms with Crippen LogP contribution in [0.5, 0.6) is 0 Å². The highest BCUT2D eigenvalue weighted by molar-refractivity contribution is 6.08. The van der Waals surface area contributed by atoms with Crippen molar-refractivity contribution in [2.24, 2.45) is 0 Å². The number of hydrogen-bond acceptors (Lipinski definition) is 5. The van der Waals surface area contributed by atoms with Gasteiger partial charge < -0.3 is 9.47 Å². The van der Waals surface area contributed by atoms with Crippen molar-refractivity contribution in [3.63, 3.8) is 0 Å². The minimum absolute atomic E-state index is 0.101. The van der Waals surface area contributed by atoms with E-state index in [1.54, 1.807) is 41.5 Å². The first-order valence-corrected chi connectivity index (χ1v) is 6.94. The first kappa shape index (κ1) is 18.1. The van der Waals surface area contributed by atoms with Gasteiger partial charge in [-0.3, -0.25) is 4.79 Å². The van der Waals surface area contributed by atoms with E-state index in [0.717, 1.165) is 0 Å². The van der Waals surface area contributed by atoms with Gasteiger partial charge in [0.15, 0.2) is 0 Å². The minimum atomic E-state index is -1.22. The van der Waals surface area contributed by atoms with Crippen molar-refractivity contribution in [1.29, 1.82) is 0 Å². The van der Waals surface area contributed by atoms with E-state index in [0.29, 0.717) is 4.90 Å². The summed E-state index contributed by atoms with van der Waals surface area (Å²) < 4.78 is 23.1. The molecule has 0 N–H and O–H groups in total. The van der Waals surface area contributed by atoms with Gasteiger partial charge in [0.2, 0.25) is 0 Å². The molecule has 0 radical (unpaired) electrons. The van der Waals surface area contributed by atoms with Gasteiger partial charge in [0.25, 0.3) is 5.91 Å². The van der Waals surface area contributed by atoms with Gasteiger partial charge in [-0.25, -0.2) is 18.9 Å². The van der Waals surface area contributed by atoms with Crippen molar-refractivity contribution in [1.82, 2.24) is 4.90 Å². The van der Waals surface area contributed by atoms with E-state index in [9.17, 15) is 18.8 Å². The van der Waals surface area contributed by atoms with E-state index >= 15 is 0 Å². The lowest BCUT2D eigenvalue weighted by atomic mass is 10.1. The lowest BCUT2D eigenvalue weighted by Crippen LogP contribution is -2.47. The fraction of sp³-hybridized carbons (Fsp3) is 0.667. The molecule has 1 rings (SSSR count). The molecule has 0 unspecified atom stereocenters.